The van der Waals surface area contributed by atoms with Gasteiger partial charge in [-0.25, -0.2) is 21.6 Å². The molecule has 0 N–H and O–H groups in total. The summed E-state index contributed by atoms with van der Waals surface area (Å²) in [7, 11) is -6.98. The first-order valence-electron chi connectivity index (χ1n) is 11.0. The first-order valence-corrected chi connectivity index (χ1v) is 14.7. The largest absolute Gasteiger partial charge is 0.453 e. The summed E-state index contributed by atoms with van der Waals surface area (Å²) in [5.74, 6) is -0.261. The van der Waals surface area contributed by atoms with Crippen molar-refractivity contribution in [2.24, 2.45) is 0 Å². The highest BCUT2D eigenvalue weighted by Gasteiger charge is 2.35. The van der Waals surface area contributed by atoms with Crippen LogP contribution in [0.15, 0.2) is 24.3 Å². The molecule has 2 aliphatic heterocycles. The zero-order valence-corrected chi connectivity index (χ0v) is 22.6. The summed E-state index contributed by atoms with van der Waals surface area (Å²) >= 11 is 0. The second-order valence-electron chi connectivity index (χ2n) is 8.69. The summed E-state index contributed by atoms with van der Waals surface area (Å²) in [4.78, 5) is 31.1. The standard InChI is InChI=1S/C21H32N4O7S2.ClH/c1-32-21(27)23-12-13-24(18(16-23)15-22-10-6-7-11-22)20(26)14-17-8-4-5-9-19(17)25(33(2,28)29)34(3,30)31;/h4-5,8-9,18H,6-7,10-16H2,1-3H3;1H/t18-;/m1./s1. The van der Waals surface area contributed by atoms with E-state index in [1.54, 1.807) is 21.9 Å². The third-order valence-corrected chi connectivity index (χ3v) is 9.26. The number of piperazine rings is 1. The molecule has 3 rings (SSSR count). The number of hydrogen-bond donors (Lipinski definition) is 0. The van der Waals surface area contributed by atoms with E-state index in [4.69, 9.17) is 4.74 Å². The highest BCUT2D eigenvalue weighted by Crippen LogP contribution is 2.27. The van der Waals surface area contributed by atoms with E-state index in [-0.39, 0.29) is 36.5 Å². The number of amides is 2. The zero-order chi connectivity index (χ0) is 25.1. The van der Waals surface area contributed by atoms with E-state index >= 15 is 0 Å². The summed E-state index contributed by atoms with van der Waals surface area (Å²) < 4.78 is 54.4. The van der Waals surface area contributed by atoms with Crippen LogP contribution in [-0.2, 0) is 36.0 Å². The van der Waals surface area contributed by atoms with Crippen LogP contribution in [0.3, 0.4) is 0 Å². The Bertz CT molecular complexity index is 1090. The number of likely N-dealkylation sites (tertiary alicyclic amines) is 1. The minimum atomic E-state index is -4.15. The van der Waals surface area contributed by atoms with Crippen LogP contribution in [0.5, 0.6) is 0 Å². The lowest BCUT2D eigenvalue weighted by Gasteiger charge is -2.42. The minimum absolute atomic E-state index is 0. The maximum absolute atomic E-state index is 13.4. The second kappa shape index (κ2) is 11.8. The molecule has 1 aromatic rings. The summed E-state index contributed by atoms with van der Waals surface area (Å²) in [6.45, 7) is 3.41. The predicted molar refractivity (Wildman–Crippen MR) is 135 cm³/mol. The molecule has 2 amide bonds. The van der Waals surface area contributed by atoms with E-state index in [9.17, 15) is 26.4 Å². The van der Waals surface area contributed by atoms with Gasteiger partial charge in [-0.2, -0.15) is 3.71 Å². The quantitative estimate of drug-likeness (QED) is 0.485. The number of sulfonamides is 2. The number of benzene rings is 1. The molecule has 0 radical (unpaired) electrons. The SMILES string of the molecule is COC(=O)N1CCN(C(=O)Cc2ccccc2N(S(C)(=O)=O)S(C)(=O)=O)[C@H](CN2CCCC2)C1.Cl. The first-order chi connectivity index (χ1) is 15.9. The normalized spacial score (nSPS) is 19.2. The summed E-state index contributed by atoms with van der Waals surface area (Å²) in [6, 6.07) is 5.83. The second-order valence-corrected chi connectivity index (χ2v) is 12.6. The van der Waals surface area contributed by atoms with Gasteiger partial charge in [0.1, 0.15) is 0 Å². The summed E-state index contributed by atoms with van der Waals surface area (Å²) in [6.07, 6.45) is 3.17. The van der Waals surface area contributed by atoms with Crippen LogP contribution in [0, 0.1) is 0 Å². The van der Waals surface area contributed by atoms with E-state index in [2.05, 4.69) is 4.90 Å². The number of carbonyl (C=O) groups excluding carboxylic acids is 2. The fraction of sp³-hybridized carbons (Fsp3) is 0.619. The van der Waals surface area contributed by atoms with Gasteiger partial charge in [-0.1, -0.05) is 18.2 Å². The lowest BCUT2D eigenvalue weighted by Crippen LogP contribution is -2.59. The van der Waals surface area contributed by atoms with Gasteiger partial charge in [-0.15, -0.1) is 12.4 Å². The predicted octanol–water partition coefficient (Wildman–Crippen LogP) is 0.752. The number of carbonyl (C=O) groups is 2. The molecule has 14 heteroatoms. The number of para-hydroxylation sites is 1. The lowest BCUT2D eigenvalue weighted by atomic mass is 10.1. The molecule has 2 saturated heterocycles. The summed E-state index contributed by atoms with van der Waals surface area (Å²) in [5.41, 5.74) is 0.226. The van der Waals surface area contributed by atoms with Crippen molar-refractivity contribution < 1.29 is 31.2 Å². The Labute approximate surface area is 213 Å². The fourth-order valence-corrected chi connectivity index (χ4v) is 7.64. The summed E-state index contributed by atoms with van der Waals surface area (Å²) in [5, 5.41) is 0. The van der Waals surface area contributed by atoms with Crippen LogP contribution in [0.4, 0.5) is 10.5 Å². The number of nitrogens with zero attached hydrogens (tertiary/aromatic N) is 4. The van der Waals surface area contributed by atoms with Gasteiger partial charge in [0.2, 0.25) is 26.0 Å². The first kappa shape index (κ1) is 29.1. The molecule has 0 bridgehead atoms. The van der Waals surface area contributed by atoms with Crippen LogP contribution >= 0.6 is 12.4 Å². The van der Waals surface area contributed by atoms with Crippen molar-refractivity contribution in [3.05, 3.63) is 29.8 Å². The van der Waals surface area contributed by atoms with Crippen molar-refractivity contribution in [3.63, 3.8) is 0 Å². The van der Waals surface area contributed by atoms with Crippen molar-refractivity contribution >= 4 is 50.1 Å². The highest BCUT2D eigenvalue weighted by atomic mass is 35.5. The Morgan fingerprint density at radius 2 is 1.60 bits per heavy atom. The van der Waals surface area contributed by atoms with Crippen LogP contribution in [-0.4, -0.2) is 108 Å². The maximum Gasteiger partial charge on any atom is 0.409 e. The Balaban J connectivity index is 0.00000432. The molecule has 11 nitrogen and oxygen atoms in total. The minimum Gasteiger partial charge on any atom is -0.453 e. The average Bonchev–Trinajstić information content (AvgIpc) is 3.25. The monoisotopic (exact) mass is 552 g/mol. The molecule has 2 aliphatic rings. The van der Waals surface area contributed by atoms with E-state index in [0.717, 1.165) is 38.4 Å². The van der Waals surface area contributed by atoms with Gasteiger partial charge in [0.15, 0.2) is 0 Å². The van der Waals surface area contributed by atoms with Crippen LogP contribution < -0.4 is 3.71 Å². The topological polar surface area (TPSA) is 125 Å². The van der Waals surface area contributed by atoms with Gasteiger partial charge < -0.3 is 19.4 Å². The van der Waals surface area contributed by atoms with E-state index in [0.29, 0.717) is 35.5 Å². The Hall–Kier alpha value is -2.09. The lowest BCUT2D eigenvalue weighted by molar-refractivity contribution is -0.135. The van der Waals surface area contributed by atoms with Crippen molar-refractivity contribution in [3.8, 4) is 0 Å². The zero-order valence-electron chi connectivity index (χ0n) is 20.1. The van der Waals surface area contributed by atoms with E-state index in [1.165, 1.54) is 19.2 Å². The van der Waals surface area contributed by atoms with Crippen LogP contribution in [0.25, 0.3) is 0 Å². The molecule has 0 aliphatic carbocycles. The van der Waals surface area contributed by atoms with Gasteiger partial charge in [-0.05, 0) is 37.6 Å². The molecule has 0 aromatic heterocycles. The van der Waals surface area contributed by atoms with Crippen molar-refractivity contribution in [2.75, 3.05) is 62.6 Å². The third kappa shape index (κ3) is 7.21. The number of methoxy groups -OCH3 is 1. The van der Waals surface area contributed by atoms with Crippen LogP contribution in [0.2, 0.25) is 0 Å². The molecule has 2 fully saturated rings. The van der Waals surface area contributed by atoms with E-state index in [1.807, 2.05) is 0 Å². The van der Waals surface area contributed by atoms with Crippen molar-refractivity contribution in [1.82, 2.24) is 14.7 Å². The van der Waals surface area contributed by atoms with Crippen molar-refractivity contribution in [1.29, 1.82) is 0 Å². The fourth-order valence-electron chi connectivity index (χ4n) is 4.60. The van der Waals surface area contributed by atoms with Gasteiger partial charge in [0, 0.05) is 26.2 Å². The molecular weight excluding hydrogens is 520 g/mol. The molecule has 35 heavy (non-hydrogen) atoms. The molecule has 0 unspecified atom stereocenters. The molecule has 0 saturated carbocycles. The maximum atomic E-state index is 13.4. The number of halogens is 1. The molecule has 1 atom stereocenters. The molecule has 2 heterocycles. The average molecular weight is 553 g/mol. The van der Waals surface area contributed by atoms with Gasteiger partial charge in [-0.3, -0.25) is 4.79 Å². The Morgan fingerprint density at radius 1 is 1.00 bits per heavy atom. The Kier molecular flexibility index (Phi) is 9.79. The third-order valence-electron chi connectivity index (χ3n) is 6.04. The number of ether oxygens (including phenoxy) is 1. The van der Waals surface area contributed by atoms with Crippen LogP contribution in [0.1, 0.15) is 18.4 Å². The highest BCUT2D eigenvalue weighted by molar-refractivity contribution is 8.09. The number of rotatable bonds is 7. The molecular formula is C21H33ClN4O7S2. The van der Waals surface area contributed by atoms with Crippen molar-refractivity contribution in [2.45, 2.75) is 25.3 Å². The molecule has 1 aromatic carbocycles. The van der Waals surface area contributed by atoms with Gasteiger partial charge in [0.25, 0.3) is 0 Å². The smallest absolute Gasteiger partial charge is 0.409 e. The number of hydrogen-bond acceptors (Lipinski definition) is 8. The molecule has 0 spiro atoms. The van der Waals surface area contributed by atoms with Gasteiger partial charge in [0.05, 0.1) is 37.8 Å². The number of anilines is 1. The van der Waals surface area contributed by atoms with E-state index < -0.39 is 26.1 Å². The van der Waals surface area contributed by atoms with Gasteiger partial charge >= 0.3 is 6.09 Å². The molecule has 198 valence electrons. The Morgan fingerprint density at radius 3 is 2.17 bits per heavy atom.